The zero-order chi connectivity index (χ0) is 20.1. The van der Waals surface area contributed by atoms with Gasteiger partial charge in [0.2, 0.25) is 0 Å². The van der Waals surface area contributed by atoms with Gasteiger partial charge in [-0.25, -0.2) is 5.43 Å². The van der Waals surface area contributed by atoms with Crippen molar-refractivity contribution in [3.05, 3.63) is 81.6 Å². The van der Waals surface area contributed by atoms with Gasteiger partial charge in [0.1, 0.15) is 0 Å². The van der Waals surface area contributed by atoms with E-state index in [1.807, 2.05) is 56.3 Å². The van der Waals surface area contributed by atoms with Gasteiger partial charge in [0.15, 0.2) is 0 Å². The highest BCUT2D eigenvalue weighted by atomic mass is 35.5. The third-order valence-electron chi connectivity index (χ3n) is 4.25. The molecule has 2 N–H and O–H groups in total. The number of anilines is 1. The number of hydrazone groups is 1. The summed E-state index contributed by atoms with van der Waals surface area (Å²) >= 11 is 11.8. The number of rotatable bonds is 6. The van der Waals surface area contributed by atoms with E-state index in [1.165, 1.54) is 0 Å². The van der Waals surface area contributed by atoms with Crippen LogP contribution in [0.15, 0.2) is 59.7 Å². The van der Waals surface area contributed by atoms with Crippen LogP contribution in [0.5, 0.6) is 0 Å². The SMILES string of the molecule is Cc1cc(/C=N\NC(=O)CNc2ccc(Cl)cc2)c(C)n1-c1ccc(Cl)cc1. The summed E-state index contributed by atoms with van der Waals surface area (Å²) in [5.74, 6) is -0.238. The molecule has 0 spiro atoms. The van der Waals surface area contributed by atoms with Crippen molar-refractivity contribution in [2.24, 2.45) is 5.10 Å². The number of carbonyl (C=O) groups excluding carboxylic acids is 1. The van der Waals surface area contributed by atoms with E-state index in [1.54, 1.807) is 18.3 Å². The van der Waals surface area contributed by atoms with Crippen LogP contribution in [0.3, 0.4) is 0 Å². The van der Waals surface area contributed by atoms with Crippen LogP contribution >= 0.6 is 23.2 Å². The standard InChI is InChI=1S/C21H20Cl2N4O/c1-14-11-16(15(2)27(14)20-9-5-18(23)6-10-20)12-25-26-21(28)13-24-19-7-3-17(22)4-8-19/h3-12,24H,13H2,1-2H3,(H,26,28)/b25-12-. The number of aromatic nitrogens is 1. The molecule has 3 aromatic rings. The van der Waals surface area contributed by atoms with Crippen molar-refractivity contribution in [3.63, 3.8) is 0 Å². The molecule has 5 nitrogen and oxygen atoms in total. The Kier molecular flexibility index (Phi) is 6.39. The maximum Gasteiger partial charge on any atom is 0.259 e. The fourth-order valence-corrected chi connectivity index (χ4v) is 3.12. The van der Waals surface area contributed by atoms with Crippen LogP contribution in [-0.4, -0.2) is 23.2 Å². The lowest BCUT2D eigenvalue weighted by atomic mass is 10.2. The zero-order valence-corrected chi connectivity index (χ0v) is 17.1. The van der Waals surface area contributed by atoms with Crippen molar-refractivity contribution in [2.75, 3.05) is 11.9 Å². The maximum atomic E-state index is 12.0. The molecule has 2 aromatic carbocycles. The summed E-state index contributed by atoms with van der Waals surface area (Å²) in [6.45, 7) is 4.14. The number of amides is 1. The number of nitrogens with one attached hydrogen (secondary N) is 2. The molecule has 0 aliphatic carbocycles. The first-order valence-electron chi connectivity index (χ1n) is 8.70. The molecular weight excluding hydrogens is 395 g/mol. The highest BCUT2D eigenvalue weighted by Crippen LogP contribution is 2.21. The van der Waals surface area contributed by atoms with Crippen molar-refractivity contribution >= 4 is 41.0 Å². The fraction of sp³-hybridized carbons (Fsp3) is 0.143. The summed E-state index contributed by atoms with van der Waals surface area (Å²) in [5, 5.41) is 8.43. The number of nitrogens with zero attached hydrogens (tertiary/aromatic N) is 2. The van der Waals surface area contributed by atoms with Crippen molar-refractivity contribution in [2.45, 2.75) is 13.8 Å². The van der Waals surface area contributed by atoms with E-state index in [0.29, 0.717) is 10.0 Å². The molecule has 7 heteroatoms. The molecule has 0 atom stereocenters. The summed E-state index contributed by atoms with van der Waals surface area (Å²) in [6.07, 6.45) is 1.65. The first kappa shape index (κ1) is 20.0. The third-order valence-corrected chi connectivity index (χ3v) is 4.75. The maximum absolute atomic E-state index is 12.0. The molecule has 3 rings (SSSR count). The highest BCUT2D eigenvalue weighted by Gasteiger charge is 2.09. The second-order valence-electron chi connectivity index (χ2n) is 6.29. The number of hydrogen-bond acceptors (Lipinski definition) is 3. The number of hydrogen-bond donors (Lipinski definition) is 2. The summed E-state index contributed by atoms with van der Waals surface area (Å²) in [7, 11) is 0. The van der Waals surface area contributed by atoms with Crippen molar-refractivity contribution < 1.29 is 4.79 Å². The molecular formula is C21H20Cl2N4O. The van der Waals surface area contributed by atoms with Gasteiger partial charge in [-0.3, -0.25) is 4.79 Å². The topological polar surface area (TPSA) is 58.4 Å². The molecule has 0 fully saturated rings. The molecule has 0 aliphatic heterocycles. The first-order chi connectivity index (χ1) is 13.4. The summed E-state index contributed by atoms with van der Waals surface area (Å²) < 4.78 is 2.11. The lowest BCUT2D eigenvalue weighted by molar-refractivity contribution is -0.119. The van der Waals surface area contributed by atoms with Gasteiger partial charge < -0.3 is 9.88 Å². The second-order valence-corrected chi connectivity index (χ2v) is 7.16. The molecule has 144 valence electrons. The minimum Gasteiger partial charge on any atom is -0.376 e. The minimum absolute atomic E-state index is 0.114. The van der Waals surface area contributed by atoms with Crippen molar-refractivity contribution in [1.82, 2.24) is 9.99 Å². The Morgan fingerprint density at radius 2 is 1.64 bits per heavy atom. The molecule has 0 saturated heterocycles. The van der Waals surface area contributed by atoms with Crippen LogP contribution in [0.2, 0.25) is 10.0 Å². The fourth-order valence-electron chi connectivity index (χ4n) is 2.87. The number of benzene rings is 2. The van der Waals surface area contributed by atoms with Crippen LogP contribution in [0.25, 0.3) is 5.69 Å². The Morgan fingerprint density at radius 3 is 2.29 bits per heavy atom. The molecule has 1 heterocycles. The molecule has 1 amide bonds. The largest absolute Gasteiger partial charge is 0.376 e. The monoisotopic (exact) mass is 414 g/mol. The van der Waals surface area contributed by atoms with Gasteiger partial charge in [-0.05, 0) is 68.4 Å². The van der Waals surface area contributed by atoms with E-state index in [9.17, 15) is 4.79 Å². The average Bonchev–Trinajstić information content (AvgIpc) is 2.96. The predicted molar refractivity (Wildman–Crippen MR) is 116 cm³/mol. The second kappa shape index (κ2) is 8.95. The van der Waals surface area contributed by atoms with Gasteiger partial charge in [0.05, 0.1) is 12.8 Å². The smallest absolute Gasteiger partial charge is 0.259 e. The van der Waals surface area contributed by atoms with E-state index in [2.05, 4.69) is 20.4 Å². The molecule has 0 saturated carbocycles. The van der Waals surface area contributed by atoms with Gasteiger partial charge in [-0.1, -0.05) is 23.2 Å². The van der Waals surface area contributed by atoms with Gasteiger partial charge in [0.25, 0.3) is 5.91 Å². The summed E-state index contributed by atoms with van der Waals surface area (Å²) in [5.41, 5.74) is 7.39. The lowest BCUT2D eigenvalue weighted by Crippen LogP contribution is -2.25. The van der Waals surface area contributed by atoms with Crippen LogP contribution in [0.1, 0.15) is 17.0 Å². The Bertz CT molecular complexity index is 992. The van der Waals surface area contributed by atoms with E-state index >= 15 is 0 Å². The van der Waals surface area contributed by atoms with Gasteiger partial charge in [-0.2, -0.15) is 5.10 Å². The molecule has 0 unspecified atom stereocenters. The lowest BCUT2D eigenvalue weighted by Gasteiger charge is -2.09. The van der Waals surface area contributed by atoms with Gasteiger partial charge in [0, 0.05) is 38.4 Å². The molecule has 0 bridgehead atoms. The van der Waals surface area contributed by atoms with Crippen LogP contribution < -0.4 is 10.7 Å². The van der Waals surface area contributed by atoms with Gasteiger partial charge >= 0.3 is 0 Å². The quantitative estimate of drug-likeness (QED) is 0.442. The van der Waals surface area contributed by atoms with Crippen LogP contribution in [0, 0.1) is 13.8 Å². The van der Waals surface area contributed by atoms with E-state index < -0.39 is 0 Å². The third kappa shape index (κ3) is 4.94. The molecule has 1 aromatic heterocycles. The van der Waals surface area contributed by atoms with E-state index in [4.69, 9.17) is 23.2 Å². The normalized spacial score (nSPS) is 11.0. The Morgan fingerprint density at radius 1 is 1.04 bits per heavy atom. The summed E-state index contributed by atoms with van der Waals surface area (Å²) in [6, 6.07) is 16.8. The number of halogens is 2. The van der Waals surface area contributed by atoms with Crippen LogP contribution in [-0.2, 0) is 4.79 Å². The van der Waals surface area contributed by atoms with Crippen molar-refractivity contribution in [3.8, 4) is 5.69 Å². The first-order valence-corrected chi connectivity index (χ1v) is 9.46. The zero-order valence-electron chi connectivity index (χ0n) is 15.5. The van der Waals surface area contributed by atoms with E-state index in [0.717, 1.165) is 28.3 Å². The average molecular weight is 415 g/mol. The molecule has 28 heavy (non-hydrogen) atoms. The molecule has 0 radical (unpaired) electrons. The number of aryl methyl sites for hydroxylation is 1. The van der Waals surface area contributed by atoms with E-state index in [-0.39, 0.29) is 12.5 Å². The predicted octanol–water partition coefficient (Wildman–Crippen LogP) is 4.96. The Labute approximate surface area is 174 Å². The minimum atomic E-state index is -0.238. The highest BCUT2D eigenvalue weighted by molar-refractivity contribution is 6.30. The Hall–Kier alpha value is -2.76. The van der Waals surface area contributed by atoms with Crippen molar-refractivity contribution in [1.29, 1.82) is 0 Å². The summed E-state index contributed by atoms with van der Waals surface area (Å²) in [4.78, 5) is 12.0. The Balaban J connectivity index is 1.61. The number of carbonyl (C=O) groups is 1. The molecule has 0 aliphatic rings. The van der Waals surface area contributed by atoms with Gasteiger partial charge in [-0.15, -0.1) is 0 Å². The van der Waals surface area contributed by atoms with Crippen LogP contribution in [0.4, 0.5) is 5.69 Å².